The first kappa shape index (κ1) is 25.4. The molecule has 2 aromatic carbocycles. The number of aliphatic hydroxyl groups is 1. The Morgan fingerprint density at radius 1 is 1.30 bits per heavy atom. The highest BCUT2D eigenvalue weighted by atomic mass is 32.2. The normalized spacial score (nSPS) is 18.0. The summed E-state index contributed by atoms with van der Waals surface area (Å²) >= 11 is 0. The maximum atomic E-state index is 12.7. The Labute approximate surface area is 215 Å². The van der Waals surface area contributed by atoms with E-state index in [0.717, 1.165) is 16.7 Å². The van der Waals surface area contributed by atoms with Gasteiger partial charge in [0.05, 0.1) is 23.5 Å². The van der Waals surface area contributed by atoms with E-state index in [1.54, 1.807) is 18.2 Å². The van der Waals surface area contributed by atoms with Crippen molar-refractivity contribution in [3.8, 4) is 34.7 Å². The van der Waals surface area contributed by atoms with E-state index in [0.29, 0.717) is 55.2 Å². The number of hydrogen-bond donors (Lipinski definition) is 2. The summed E-state index contributed by atoms with van der Waals surface area (Å²) in [5.74, 6) is 1.18. The first-order valence-electron chi connectivity index (χ1n) is 12.3. The fourth-order valence-electron chi connectivity index (χ4n) is 4.79. The van der Waals surface area contributed by atoms with Crippen LogP contribution in [-0.4, -0.2) is 66.2 Å². The van der Waals surface area contributed by atoms with Crippen molar-refractivity contribution in [2.24, 2.45) is 0 Å². The van der Waals surface area contributed by atoms with Gasteiger partial charge in [-0.2, -0.15) is 10.2 Å². The van der Waals surface area contributed by atoms with Gasteiger partial charge in [0.1, 0.15) is 11.8 Å². The zero-order valence-electron chi connectivity index (χ0n) is 20.7. The number of nitrogens with one attached hydrogen (secondary N) is 1. The van der Waals surface area contributed by atoms with Gasteiger partial charge >= 0.3 is 0 Å². The largest absolute Gasteiger partial charge is 0.490 e. The smallest absolute Gasteiger partial charge is 0.258 e. The Morgan fingerprint density at radius 2 is 2.11 bits per heavy atom. The van der Waals surface area contributed by atoms with Gasteiger partial charge in [-0.3, -0.25) is 4.90 Å². The first-order chi connectivity index (χ1) is 17.7. The summed E-state index contributed by atoms with van der Waals surface area (Å²) in [4.78, 5) is 6.49. The van der Waals surface area contributed by atoms with Gasteiger partial charge < -0.3 is 14.4 Å². The lowest BCUT2D eigenvalue weighted by Gasteiger charge is -2.35. The number of nitriles is 1. The fourth-order valence-corrected chi connectivity index (χ4v) is 6.09. The second-order valence-corrected chi connectivity index (χ2v) is 11.6. The molecule has 0 saturated carbocycles. The monoisotopic (exact) mass is 523 g/mol. The molecule has 194 valence electrons. The highest BCUT2D eigenvalue weighted by Crippen LogP contribution is 2.38. The van der Waals surface area contributed by atoms with E-state index in [1.807, 2.05) is 36.9 Å². The molecule has 0 radical (unpaired) electrons. The van der Waals surface area contributed by atoms with Crippen LogP contribution in [0, 0.1) is 11.3 Å². The molecule has 2 heterocycles. The summed E-state index contributed by atoms with van der Waals surface area (Å²) in [6.07, 6.45) is 0.909. The van der Waals surface area contributed by atoms with Crippen molar-refractivity contribution in [1.29, 1.82) is 5.26 Å². The molecular weight excluding hydrogens is 494 g/mol. The topological polar surface area (TPSA) is 142 Å². The molecule has 1 aromatic heterocycles. The molecule has 0 unspecified atom stereocenters. The molecule has 1 aliphatic heterocycles. The molecule has 1 atom stereocenters. The summed E-state index contributed by atoms with van der Waals surface area (Å²) in [7, 11) is -3.48. The average molecular weight is 524 g/mol. The average Bonchev–Trinajstić information content (AvgIpc) is 3.49. The van der Waals surface area contributed by atoms with E-state index in [2.05, 4.69) is 20.9 Å². The third-order valence-corrected chi connectivity index (χ3v) is 7.95. The predicted octanol–water partition coefficient (Wildman–Crippen LogP) is 2.65. The zero-order valence-corrected chi connectivity index (χ0v) is 21.5. The summed E-state index contributed by atoms with van der Waals surface area (Å²) < 4.78 is 39.5. The number of likely N-dealkylation sites (tertiary alicyclic amines) is 1. The van der Waals surface area contributed by atoms with Crippen LogP contribution in [0.1, 0.15) is 43.0 Å². The molecule has 11 heteroatoms. The van der Waals surface area contributed by atoms with Crippen LogP contribution in [0.2, 0.25) is 0 Å². The second-order valence-electron chi connectivity index (χ2n) is 9.73. The highest BCUT2D eigenvalue weighted by Gasteiger charge is 2.31. The number of sulfonamides is 1. The number of β-amino-alcohol motifs (C(OH)–C–C–N with tert-alkyl or cyclic N) is 1. The lowest BCUT2D eigenvalue weighted by molar-refractivity contribution is 0.00619. The number of aliphatic hydroxyl groups excluding tert-OH is 1. The second kappa shape index (κ2) is 10.2. The van der Waals surface area contributed by atoms with Crippen LogP contribution in [0.5, 0.6) is 5.75 Å². The molecule has 10 nitrogen and oxygen atoms in total. The summed E-state index contributed by atoms with van der Waals surface area (Å²) in [6.45, 7) is 5.23. The molecule has 0 spiro atoms. The predicted molar refractivity (Wildman–Crippen MR) is 136 cm³/mol. The minimum absolute atomic E-state index is 0.00880. The maximum Gasteiger partial charge on any atom is 0.258 e. The first-order valence-corrected chi connectivity index (χ1v) is 13.9. The summed E-state index contributed by atoms with van der Waals surface area (Å²) in [5, 5.41) is 23.1. The molecule has 2 aliphatic rings. The molecule has 3 aromatic rings. The van der Waals surface area contributed by atoms with Gasteiger partial charge in [-0.1, -0.05) is 23.4 Å². The van der Waals surface area contributed by atoms with Crippen molar-refractivity contribution >= 4 is 10.0 Å². The van der Waals surface area contributed by atoms with Crippen LogP contribution >= 0.6 is 0 Å². The van der Waals surface area contributed by atoms with Gasteiger partial charge in [0, 0.05) is 36.8 Å². The molecule has 1 saturated heterocycles. The molecule has 1 fully saturated rings. The Bertz CT molecular complexity index is 1440. The van der Waals surface area contributed by atoms with Crippen molar-refractivity contribution in [3.05, 3.63) is 53.1 Å². The van der Waals surface area contributed by atoms with Gasteiger partial charge in [0.15, 0.2) is 0 Å². The van der Waals surface area contributed by atoms with Crippen molar-refractivity contribution < 1.29 is 22.8 Å². The van der Waals surface area contributed by atoms with Crippen molar-refractivity contribution in [2.75, 3.05) is 25.4 Å². The van der Waals surface area contributed by atoms with Gasteiger partial charge in [-0.25, -0.2) is 13.1 Å². The SMILES string of the molecule is CC(C)Oc1ccc(-c2nc(-c3cccc4c3CC[C@@H]4NS(=O)(=O)CCN3CC(O)C3)no2)cc1C#N. The van der Waals surface area contributed by atoms with Crippen LogP contribution in [0.15, 0.2) is 40.9 Å². The van der Waals surface area contributed by atoms with Crippen LogP contribution in [0.25, 0.3) is 22.8 Å². The van der Waals surface area contributed by atoms with E-state index in [4.69, 9.17) is 9.26 Å². The van der Waals surface area contributed by atoms with Gasteiger partial charge in [-0.15, -0.1) is 0 Å². The van der Waals surface area contributed by atoms with E-state index < -0.39 is 10.0 Å². The highest BCUT2D eigenvalue weighted by molar-refractivity contribution is 7.89. The number of rotatable bonds is 9. The zero-order chi connectivity index (χ0) is 26.2. The van der Waals surface area contributed by atoms with Crippen LogP contribution < -0.4 is 9.46 Å². The van der Waals surface area contributed by atoms with Crippen LogP contribution in [0.4, 0.5) is 0 Å². The third kappa shape index (κ3) is 5.52. The Kier molecular flexibility index (Phi) is 7.00. The van der Waals surface area contributed by atoms with Crippen molar-refractivity contribution in [1.82, 2.24) is 19.8 Å². The number of benzene rings is 2. The Morgan fingerprint density at radius 3 is 2.84 bits per heavy atom. The third-order valence-electron chi connectivity index (χ3n) is 6.58. The number of hydrogen-bond acceptors (Lipinski definition) is 9. The minimum atomic E-state index is -3.48. The molecule has 2 N–H and O–H groups in total. The Hall–Kier alpha value is -3.30. The molecule has 0 amide bonds. The van der Waals surface area contributed by atoms with E-state index in [9.17, 15) is 18.8 Å². The van der Waals surface area contributed by atoms with E-state index in [1.165, 1.54) is 0 Å². The van der Waals surface area contributed by atoms with E-state index in [-0.39, 0.29) is 29.9 Å². The summed E-state index contributed by atoms with van der Waals surface area (Å²) in [6, 6.07) is 12.7. The van der Waals surface area contributed by atoms with Crippen LogP contribution in [0.3, 0.4) is 0 Å². The fraction of sp³-hybridized carbons (Fsp3) is 0.423. The molecule has 5 rings (SSSR count). The molecule has 37 heavy (non-hydrogen) atoms. The standard InChI is InChI=1S/C26H29N5O5S/c1-16(2)35-24-9-6-17(12-18(24)13-27)26-28-25(29-36-26)22-5-3-4-21-20(22)7-8-23(21)30-37(33,34)11-10-31-14-19(32)15-31/h3-6,9,12,16,19,23,30,32H,7-8,10-11,14-15H2,1-2H3/t23-/m0/s1. The van der Waals surface area contributed by atoms with E-state index >= 15 is 0 Å². The summed E-state index contributed by atoms with van der Waals surface area (Å²) in [5.41, 5.74) is 3.69. The lowest BCUT2D eigenvalue weighted by atomic mass is 10.0. The number of ether oxygens (including phenoxy) is 1. The number of aromatic nitrogens is 2. The Balaban J connectivity index is 1.33. The van der Waals surface area contributed by atoms with Crippen molar-refractivity contribution in [3.63, 3.8) is 0 Å². The quantitative estimate of drug-likeness (QED) is 0.433. The van der Waals surface area contributed by atoms with Crippen LogP contribution in [-0.2, 0) is 16.4 Å². The maximum absolute atomic E-state index is 12.7. The molecule has 0 bridgehead atoms. The van der Waals surface area contributed by atoms with Gasteiger partial charge in [0.2, 0.25) is 15.8 Å². The lowest BCUT2D eigenvalue weighted by Crippen LogP contribution is -2.52. The minimum Gasteiger partial charge on any atom is -0.490 e. The van der Waals surface area contributed by atoms with Gasteiger partial charge in [-0.05, 0) is 56.0 Å². The van der Waals surface area contributed by atoms with Gasteiger partial charge in [0.25, 0.3) is 5.89 Å². The number of nitrogens with zero attached hydrogens (tertiary/aromatic N) is 4. The van der Waals surface area contributed by atoms with Crippen molar-refractivity contribution in [2.45, 2.75) is 44.9 Å². The molecule has 1 aliphatic carbocycles. The number of fused-ring (bicyclic) bond motifs is 1. The molecular formula is C26H29N5O5S.